The number of hydrogen-bond acceptors (Lipinski definition) is 4. The second-order valence-corrected chi connectivity index (χ2v) is 7.67. The number of aromatic nitrogens is 1. The Kier molecular flexibility index (Phi) is 5.25. The molecule has 2 aromatic rings. The quantitative estimate of drug-likeness (QED) is 0.674. The lowest BCUT2D eigenvalue weighted by atomic mass is 9.98. The zero-order valence-corrected chi connectivity index (χ0v) is 15.3. The summed E-state index contributed by atoms with van der Waals surface area (Å²) < 4.78 is 0. The van der Waals surface area contributed by atoms with E-state index >= 15 is 0 Å². The third kappa shape index (κ3) is 4.17. The first-order valence-corrected chi connectivity index (χ1v) is 9.78. The van der Waals surface area contributed by atoms with Crippen LogP contribution in [-0.4, -0.2) is 55.7 Å². The van der Waals surface area contributed by atoms with Crippen LogP contribution in [0.5, 0.6) is 0 Å². The van der Waals surface area contributed by atoms with Gasteiger partial charge in [0.1, 0.15) is 0 Å². The van der Waals surface area contributed by atoms with Gasteiger partial charge in [0.2, 0.25) is 0 Å². The molecule has 2 fully saturated rings. The van der Waals surface area contributed by atoms with Crippen molar-refractivity contribution in [1.29, 1.82) is 0 Å². The second-order valence-electron chi connectivity index (χ2n) is 7.67. The van der Waals surface area contributed by atoms with Crippen LogP contribution in [0.3, 0.4) is 0 Å². The third-order valence-electron chi connectivity index (χ3n) is 5.57. The summed E-state index contributed by atoms with van der Waals surface area (Å²) in [4.78, 5) is 6.21. The number of nitrogens with one attached hydrogen (secondary N) is 4. The van der Waals surface area contributed by atoms with Gasteiger partial charge in [-0.1, -0.05) is 0 Å². The number of benzene rings is 1. The summed E-state index contributed by atoms with van der Waals surface area (Å²) in [6.07, 6.45) is 2.56. The van der Waals surface area contributed by atoms with Gasteiger partial charge in [0.05, 0.1) is 11.2 Å². The highest BCUT2D eigenvalue weighted by Gasteiger charge is 2.15. The molecule has 1 aromatic carbocycles. The zero-order chi connectivity index (χ0) is 17.1. The van der Waals surface area contributed by atoms with Gasteiger partial charge in [-0.15, -0.1) is 0 Å². The number of hydrogen-bond donors (Lipinski definition) is 4. The SMILES string of the molecule is Cc1cc(NCC2CCNCC2)c2[nH]c(CN3CCNCC3)cc2c1. The van der Waals surface area contributed by atoms with E-state index < -0.39 is 0 Å². The predicted molar refractivity (Wildman–Crippen MR) is 105 cm³/mol. The summed E-state index contributed by atoms with van der Waals surface area (Å²) >= 11 is 0. The number of aryl methyl sites for hydroxylation is 1. The fourth-order valence-electron chi connectivity index (χ4n) is 4.13. The molecule has 25 heavy (non-hydrogen) atoms. The molecular formula is C20H31N5. The van der Waals surface area contributed by atoms with E-state index in [1.807, 2.05) is 0 Å². The van der Waals surface area contributed by atoms with E-state index in [9.17, 15) is 0 Å². The molecule has 1 aromatic heterocycles. The fraction of sp³-hybridized carbons (Fsp3) is 0.600. The number of piperazine rings is 1. The van der Waals surface area contributed by atoms with Crippen molar-refractivity contribution in [2.24, 2.45) is 5.92 Å². The van der Waals surface area contributed by atoms with Crippen molar-refractivity contribution in [2.45, 2.75) is 26.3 Å². The lowest BCUT2D eigenvalue weighted by molar-refractivity contribution is 0.231. The Morgan fingerprint density at radius 3 is 2.60 bits per heavy atom. The standard InChI is InChI=1S/C20H31N5/c1-15-10-17-12-18(14-25-8-6-22-7-9-25)24-20(17)19(11-15)23-13-16-2-4-21-5-3-16/h10-12,16,21-24H,2-9,13-14H2,1H3. The minimum Gasteiger partial charge on any atom is -0.383 e. The molecule has 5 nitrogen and oxygen atoms in total. The fourth-order valence-corrected chi connectivity index (χ4v) is 4.13. The largest absolute Gasteiger partial charge is 0.383 e. The van der Waals surface area contributed by atoms with Gasteiger partial charge in [0, 0.05) is 50.3 Å². The summed E-state index contributed by atoms with van der Waals surface area (Å²) in [5.41, 5.74) is 5.19. The van der Waals surface area contributed by atoms with Gasteiger partial charge in [-0.05, 0) is 62.5 Å². The Labute approximate surface area is 150 Å². The molecule has 0 bridgehead atoms. The van der Waals surface area contributed by atoms with Crippen molar-refractivity contribution in [3.05, 3.63) is 29.5 Å². The van der Waals surface area contributed by atoms with Gasteiger partial charge >= 0.3 is 0 Å². The Hall–Kier alpha value is -1.56. The van der Waals surface area contributed by atoms with Gasteiger partial charge in [0.25, 0.3) is 0 Å². The van der Waals surface area contributed by atoms with Crippen molar-refractivity contribution in [2.75, 3.05) is 51.1 Å². The molecule has 0 amide bonds. The lowest BCUT2D eigenvalue weighted by Gasteiger charge is -2.26. The number of aromatic amines is 1. The Morgan fingerprint density at radius 2 is 1.80 bits per heavy atom. The van der Waals surface area contributed by atoms with E-state index in [0.717, 1.165) is 58.3 Å². The summed E-state index contributed by atoms with van der Waals surface area (Å²) in [5, 5.41) is 11.9. The highest BCUT2D eigenvalue weighted by molar-refractivity contribution is 5.92. The number of piperidine rings is 1. The molecule has 2 aliphatic heterocycles. The highest BCUT2D eigenvalue weighted by Crippen LogP contribution is 2.27. The van der Waals surface area contributed by atoms with E-state index in [-0.39, 0.29) is 0 Å². The van der Waals surface area contributed by atoms with Gasteiger partial charge in [-0.2, -0.15) is 0 Å². The van der Waals surface area contributed by atoms with Crippen LogP contribution in [-0.2, 0) is 6.54 Å². The molecule has 5 heteroatoms. The summed E-state index contributed by atoms with van der Waals surface area (Å²) in [7, 11) is 0. The minimum absolute atomic E-state index is 0.784. The average molecular weight is 342 g/mol. The number of fused-ring (bicyclic) bond motifs is 1. The van der Waals surface area contributed by atoms with Gasteiger partial charge < -0.3 is 20.9 Å². The van der Waals surface area contributed by atoms with E-state index in [1.165, 1.54) is 40.7 Å². The summed E-state index contributed by atoms with van der Waals surface area (Å²) in [5.74, 6) is 0.784. The molecule has 4 N–H and O–H groups in total. The maximum absolute atomic E-state index is 3.73. The van der Waals surface area contributed by atoms with E-state index in [4.69, 9.17) is 0 Å². The Balaban J connectivity index is 1.49. The van der Waals surface area contributed by atoms with Crippen LogP contribution in [0.1, 0.15) is 24.1 Å². The maximum atomic E-state index is 3.73. The summed E-state index contributed by atoms with van der Waals surface area (Å²) in [6.45, 7) is 11.1. The van der Waals surface area contributed by atoms with Crippen LogP contribution in [0.15, 0.2) is 18.2 Å². The first kappa shape index (κ1) is 16.9. The van der Waals surface area contributed by atoms with Crippen LogP contribution >= 0.6 is 0 Å². The average Bonchev–Trinajstić information content (AvgIpc) is 3.03. The van der Waals surface area contributed by atoms with Crippen LogP contribution in [0.2, 0.25) is 0 Å². The van der Waals surface area contributed by atoms with Crippen molar-refractivity contribution in [3.63, 3.8) is 0 Å². The van der Waals surface area contributed by atoms with E-state index in [1.54, 1.807) is 0 Å². The number of anilines is 1. The molecule has 0 saturated carbocycles. The van der Waals surface area contributed by atoms with Gasteiger partial charge in [-0.25, -0.2) is 0 Å². The normalized spacial score (nSPS) is 20.2. The van der Waals surface area contributed by atoms with Crippen LogP contribution in [0.4, 0.5) is 5.69 Å². The first-order valence-electron chi connectivity index (χ1n) is 9.78. The van der Waals surface area contributed by atoms with Crippen molar-refractivity contribution >= 4 is 16.6 Å². The predicted octanol–water partition coefficient (Wildman–Crippen LogP) is 2.29. The third-order valence-corrected chi connectivity index (χ3v) is 5.57. The number of nitrogens with zero attached hydrogens (tertiary/aromatic N) is 1. The molecule has 136 valence electrons. The summed E-state index contributed by atoms with van der Waals surface area (Å²) in [6, 6.07) is 6.91. The van der Waals surface area contributed by atoms with E-state index in [0.29, 0.717) is 0 Å². The molecule has 0 unspecified atom stereocenters. The molecule has 4 rings (SSSR count). The number of rotatable bonds is 5. The maximum Gasteiger partial charge on any atom is 0.0692 e. The minimum atomic E-state index is 0.784. The molecular weight excluding hydrogens is 310 g/mol. The Bertz CT molecular complexity index is 695. The topological polar surface area (TPSA) is 55.1 Å². The smallest absolute Gasteiger partial charge is 0.0692 e. The van der Waals surface area contributed by atoms with E-state index in [2.05, 4.69) is 51.0 Å². The van der Waals surface area contributed by atoms with Crippen molar-refractivity contribution in [3.8, 4) is 0 Å². The molecule has 0 aliphatic carbocycles. The number of H-pyrrole nitrogens is 1. The van der Waals surface area contributed by atoms with Crippen molar-refractivity contribution in [1.82, 2.24) is 20.5 Å². The van der Waals surface area contributed by atoms with Crippen LogP contribution < -0.4 is 16.0 Å². The van der Waals surface area contributed by atoms with Gasteiger partial charge in [-0.3, -0.25) is 4.90 Å². The van der Waals surface area contributed by atoms with Crippen LogP contribution in [0.25, 0.3) is 10.9 Å². The lowest BCUT2D eigenvalue weighted by Crippen LogP contribution is -2.42. The molecule has 0 atom stereocenters. The monoisotopic (exact) mass is 341 g/mol. The highest BCUT2D eigenvalue weighted by atomic mass is 15.2. The molecule has 2 saturated heterocycles. The second kappa shape index (κ2) is 7.77. The van der Waals surface area contributed by atoms with Gasteiger partial charge in [0.15, 0.2) is 0 Å². The first-order chi connectivity index (χ1) is 12.3. The Morgan fingerprint density at radius 1 is 1.04 bits per heavy atom. The zero-order valence-electron chi connectivity index (χ0n) is 15.3. The van der Waals surface area contributed by atoms with Crippen LogP contribution in [0, 0.1) is 12.8 Å². The van der Waals surface area contributed by atoms with Crippen molar-refractivity contribution < 1.29 is 0 Å². The molecule has 0 spiro atoms. The molecule has 2 aliphatic rings. The molecule has 3 heterocycles. The molecule has 0 radical (unpaired) electrons.